The van der Waals surface area contributed by atoms with Crippen LogP contribution < -0.4 is 5.32 Å². The first kappa shape index (κ1) is 38.2. The van der Waals surface area contributed by atoms with E-state index in [-0.39, 0.29) is 48.4 Å². The van der Waals surface area contributed by atoms with Crippen molar-refractivity contribution in [1.82, 2.24) is 10.3 Å². The molecule has 3 aliphatic rings. The van der Waals surface area contributed by atoms with E-state index in [9.17, 15) is 19.5 Å². The number of pyridine rings is 1. The fourth-order valence-electron chi connectivity index (χ4n) is 6.14. The molecule has 262 valence electrons. The molecule has 1 amide bonds. The van der Waals surface area contributed by atoms with Gasteiger partial charge in [0, 0.05) is 18.4 Å². The van der Waals surface area contributed by atoms with Crippen LogP contribution in [-0.4, -0.2) is 81.3 Å². The number of aromatic nitrogens is 1. The van der Waals surface area contributed by atoms with Gasteiger partial charge in [-0.05, 0) is 73.8 Å². The second-order valence-corrected chi connectivity index (χ2v) is 16.9. The molecule has 0 bridgehead atoms. The predicted molar refractivity (Wildman–Crippen MR) is 194 cm³/mol. The van der Waals surface area contributed by atoms with Crippen LogP contribution in [0.1, 0.15) is 73.6 Å². The van der Waals surface area contributed by atoms with Gasteiger partial charge in [-0.2, -0.15) is 4.99 Å². The van der Waals surface area contributed by atoms with Gasteiger partial charge in [0.15, 0.2) is 0 Å². The maximum atomic E-state index is 14.0. The Bertz CT molecular complexity index is 1430. The lowest BCUT2D eigenvalue weighted by Gasteiger charge is -2.36. The van der Waals surface area contributed by atoms with Gasteiger partial charge >= 0.3 is 11.2 Å². The number of aliphatic imine (C=N–C) groups is 1. The minimum atomic E-state index is -1.29. The van der Waals surface area contributed by atoms with Crippen molar-refractivity contribution >= 4 is 61.9 Å². The topological polar surface area (TPSA) is 140 Å². The van der Waals surface area contributed by atoms with Gasteiger partial charge in [-0.15, -0.1) is 0 Å². The van der Waals surface area contributed by atoms with E-state index in [4.69, 9.17) is 14.2 Å². The number of aliphatic hydroxyl groups excluding tert-OH is 1. The van der Waals surface area contributed by atoms with Gasteiger partial charge in [-0.3, -0.25) is 9.59 Å². The lowest BCUT2D eigenvalue weighted by Crippen LogP contribution is -2.48. The van der Waals surface area contributed by atoms with Gasteiger partial charge in [0.25, 0.3) is 0 Å². The number of ether oxygens (including phenoxy) is 3. The van der Waals surface area contributed by atoms with Crippen LogP contribution in [0.4, 0.5) is 4.79 Å². The summed E-state index contributed by atoms with van der Waals surface area (Å²) >= 11 is 1.45. The molecule has 0 unspecified atom stereocenters. The molecule has 13 heteroatoms. The molecule has 0 radical (unpaired) electrons. The quantitative estimate of drug-likeness (QED) is 0.0830. The van der Waals surface area contributed by atoms with Gasteiger partial charge in [-0.1, -0.05) is 51.0 Å². The number of nitrogens with one attached hydrogen (secondary N) is 1. The van der Waals surface area contributed by atoms with Gasteiger partial charge in [0.2, 0.25) is 22.6 Å². The average Bonchev–Trinajstić information content (AvgIpc) is 3.48. The SMILES string of the molecule is C=C1N=C(/C=C(\C)[C@@H]2C[C@@H]3O[C@]3(C)CCC[C@H](C)[C@H](OC(=O)OCCSSc3ccccn3)[C@@H](C)C(=O)C(C)(C)[C@@H](O)CC(=O)N2)C=[S+]1. The number of carbonyl (C=O) groups excluding carboxylic acids is 3. The Kier molecular flexibility index (Phi) is 13.4. The van der Waals surface area contributed by atoms with Crippen LogP contribution in [0.2, 0.25) is 0 Å². The zero-order valence-electron chi connectivity index (χ0n) is 28.6. The number of amides is 1. The smallest absolute Gasteiger partial charge is 0.433 e. The van der Waals surface area contributed by atoms with Gasteiger partial charge in [0.1, 0.15) is 29.2 Å². The number of aliphatic hydroxyl groups is 1. The molecule has 2 saturated heterocycles. The lowest BCUT2D eigenvalue weighted by molar-refractivity contribution is -0.144. The number of ketones is 1. The van der Waals surface area contributed by atoms with Crippen molar-refractivity contribution in [3.8, 4) is 0 Å². The van der Waals surface area contributed by atoms with Crippen molar-refractivity contribution in [2.24, 2.45) is 22.2 Å². The second kappa shape index (κ2) is 16.9. The van der Waals surface area contributed by atoms with Crippen molar-refractivity contribution in [2.75, 3.05) is 12.4 Å². The standard InChI is InChI=1S/C35H47N3O7S3/c1-21-11-10-13-35(7)28(45-35)18-26(22(2)17-25-20-46-24(4)37-25)38-29(40)19-27(39)34(5,6)32(41)23(3)31(21)44-33(42)43-15-16-47-48-30-12-8-9-14-36-30/h8-9,12,14,17,20-21,23,26-28,31,39H,4,10-11,13,15-16,18-19H2,1-3,5-7H3/p+1/b22-17+/t21-,23+,26-,27-,28-,31-,35+/m0/s1. The highest BCUT2D eigenvalue weighted by Gasteiger charge is 2.52. The van der Waals surface area contributed by atoms with E-state index in [0.29, 0.717) is 23.6 Å². The molecular formula is C35H48N3O7S3+. The Balaban J connectivity index is 1.44. The summed E-state index contributed by atoms with van der Waals surface area (Å²) in [5, 5.41) is 17.9. The Labute approximate surface area is 295 Å². The van der Waals surface area contributed by atoms with Crippen LogP contribution in [0.25, 0.3) is 0 Å². The zero-order chi connectivity index (χ0) is 35.1. The molecule has 7 atom stereocenters. The Hall–Kier alpha value is -2.58. The Morgan fingerprint density at radius 2 is 2.04 bits per heavy atom. The number of epoxide rings is 1. The molecular weight excluding hydrogens is 671 g/mol. The molecule has 4 heterocycles. The highest BCUT2D eigenvalue weighted by Crippen LogP contribution is 2.44. The maximum Gasteiger partial charge on any atom is 0.508 e. The third-order valence-corrected chi connectivity index (χ3v) is 12.3. The van der Waals surface area contributed by atoms with E-state index in [2.05, 4.69) is 28.8 Å². The van der Waals surface area contributed by atoms with Crippen molar-refractivity contribution in [3.63, 3.8) is 0 Å². The number of rotatable bonds is 8. The summed E-state index contributed by atoms with van der Waals surface area (Å²) in [4.78, 5) is 48.9. The highest BCUT2D eigenvalue weighted by atomic mass is 33.1. The summed E-state index contributed by atoms with van der Waals surface area (Å²) in [6.07, 6.45) is 3.26. The van der Waals surface area contributed by atoms with Crippen LogP contribution in [0, 0.1) is 17.3 Å². The number of carbonyl (C=O) groups is 3. The molecule has 2 fully saturated rings. The molecule has 1 aromatic heterocycles. The third kappa shape index (κ3) is 10.5. The largest absolute Gasteiger partial charge is 0.508 e. The fourth-order valence-corrected chi connectivity index (χ4v) is 8.38. The molecule has 0 saturated carbocycles. The lowest BCUT2D eigenvalue weighted by atomic mass is 9.72. The van der Waals surface area contributed by atoms with Crippen LogP contribution in [0.5, 0.6) is 0 Å². The van der Waals surface area contributed by atoms with Crippen molar-refractivity contribution in [2.45, 2.75) is 109 Å². The number of allylic oxidation sites excluding steroid dienone is 1. The molecule has 2 N–H and O–H groups in total. The van der Waals surface area contributed by atoms with Crippen LogP contribution in [0.15, 0.2) is 57.7 Å². The van der Waals surface area contributed by atoms with Crippen LogP contribution in [0.3, 0.4) is 0 Å². The molecule has 4 rings (SSSR count). The highest BCUT2D eigenvalue weighted by molar-refractivity contribution is 8.76. The number of Topliss-reactive ketones (excluding diaryl/α,β-unsaturated/α-hetero) is 1. The normalized spacial score (nSPS) is 31.4. The van der Waals surface area contributed by atoms with Crippen LogP contribution in [-0.2, 0) is 35.2 Å². The van der Waals surface area contributed by atoms with E-state index in [0.717, 1.165) is 29.2 Å². The third-order valence-electron chi connectivity index (χ3n) is 9.36. The first-order valence-electron chi connectivity index (χ1n) is 16.4. The monoisotopic (exact) mass is 718 g/mol. The molecule has 0 aliphatic carbocycles. The number of hydrogen-bond donors (Lipinski definition) is 2. The average molecular weight is 719 g/mol. The fraction of sp³-hybridized carbons (Fsp3) is 0.600. The van der Waals surface area contributed by atoms with Gasteiger partial charge in [-0.25, -0.2) is 9.78 Å². The number of fused-ring (bicyclic) bond motifs is 1. The van der Waals surface area contributed by atoms with Crippen molar-refractivity contribution in [1.29, 1.82) is 0 Å². The van der Waals surface area contributed by atoms with Crippen LogP contribution >= 0.6 is 21.6 Å². The maximum absolute atomic E-state index is 14.0. The summed E-state index contributed by atoms with van der Waals surface area (Å²) in [5.74, 6) is -1.06. The Morgan fingerprint density at radius 3 is 2.73 bits per heavy atom. The minimum absolute atomic E-state index is 0.0641. The van der Waals surface area contributed by atoms with E-state index in [1.54, 1.807) is 27.0 Å². The molecule has 3 aliphatic heterocycles. The molecule has 48 heavy (non-hydrogen) atoms. The first-order chi connectivity index (χ1) is 22.7. The number of hydrogen-bond acceptors (Lipinski definition) is 11. The summed E-state index contributed by atoms with van der Waals surface area (Å²) in [5.41, 5.74) is 0.0428. The Morgan fingerprint density at radius 1 is 1.27 bits per heavy atom. The molecule has 10 nitrogen and oxygen atoms in total. The van der Waals surface area contributed by atoms with E-state index >= 15 is 0 Å². The van der Waals surface area contributed by atoms with Gasteiger partial charge in [0.05, 0.1) is 41.6 Å². The predicted octanol–water partition coefficient (Wildman–Crippen LogP) is 5.94. The molecule has 0 spiro atoms. The minimum Gasteiger partial charge on any atom is -0.433 e. The first-order valence-corrected chi connectivity index (χ1v) is 19.6. The summed E-state index contributed by atoms with van der Waals surface area (Å²) in [6, 6.07) is 5.33. The molecule has 0 aromatic carbocycles. The van der Waals surface area contributed by atoms with E-state index in [1.807, 2.05) is 43.5 Å². The summed E-state index contributed by atoms with van der Waals surface area (Å²) in [7, 11) is 3.00. The second-order valence-electron chi connectivity index (χ2n) is 13.5. The van der Waals surface area contributed by atoms with E-state index < -0.39 is 29.7 Å². The summed E-state index contributed by atoms with van der Waals surface area (Å²) < 4.78 is 17.4. The van der Waals surface area contributed by atoms with E-state index in [1.165, 1.54) is 32.9 Å². The zero-order valence-corrected chi connectivity index (χ0v) is 31.1. The molecule has 1 aromatic rings. The van der Waals surface area contributed by atoms with Gasteiger partial charge < -0.3 is 24.6 Å². The van der Waals surface area contributed by atoms with Crippen molar-refractivity contribution < 1.29 is 33.7 Å². The summed E-state index contributed by atoms with van der Waals surface area (Å²) in [6.45, 7) is 15.0. The number of nitrogens with zero attached hydrogens (tertiary/aromatic N) is 2. The van der Waals surface area contributed by atoms with Crippen molar-refractivity contribution in [3.05, 3.63) is 47.7 Å².